The van der Waals surface area contributed by atoms with Gasteiger partial charge >= 0.3 is 0 Å². The third-order valence-electron chi connectivity index (χ3n) is 3.10. The van der Waals surface area contributed by atoms with Gasteiger partial charge in [0.25, 0.3) is 15.9 Å². The summed E-state index contributed by atoms with van der Waals surface area (Å²) in [4.78, 5) is 16.0. The van der Waals surface area contributed by atoms with Crippen molar-refractivity contribution < 1.29 is 13.2 Å². The molecule has 0 bridgehead atoms. The molecule has 0 aromatic heterocycles. The lowest BCUT2D eigenvalue weighted by Crippen LogP contribution is -2.29. The SMILES string of the molecule is CCN1C(=O)/C(=C/N(C)C)S/C1=N/S(=O)(=O)c1ccc(C)cc1. The molecule has 1 aromatic carbocycles. The fourth-order valence-electron chi connectivity index (χ4n) is 1.95. The molecule has 124 valence electrons. The maximum absolute atomic E-state index is 12.4. The first-order valence-electron chi connectivity index (χ1n) is 7.04. The Morgan fingerprint density at radius 3 is 2.39 bits per heavy atom. The van der Waals surface area contributed by atoms with Crippen LogP contribution in [0.5, 0.6) is 0 Å². The van der Waals surface area contributed by atoms with Crippen LogP contribution in [0.3, 0.4) is 0 Å². The Labute approximate surface area is 140 Å². The first-order valence-corrected chi connectivity index (χ1v) is 9.30. The molecule has 1 aliphatic heterocycles. The van der Waals surface area contributed by atoms with Crippen LogP contribution in [-0.2, 0) is 14.8 Å². The number of carbonyl (C=O) groups is 1. The summed E-state index contributed by atoms with van der Waals surface area (Å²) >= 11 is 1.07. The smallest absolute Gasteiger partial charge is 0.284 e. The standard InChI is InChI=1S/C15H19N3O3S2/c1-5-18-14(19)13(10-17(3)4)22-15(18)16-23(20,21)12-8-6-11(2)7-9-12/h6-10H,5H2,1-4H3/b13-10-,16-15+. The Bertz CT molecular complexity index is 766. The largest absolute Gasteiger partial charge is 0.382 e. The quantitative estimate of drug-likeness (QED) is 0.775. The van der Waals surface area contributed by atoms with E-state index >= 15 is 0 Å². The Morgan fingerprint density at radius 1 is 1.26 bits per heavy atom. The second-order valence-electron chi connectivity index (χ2n) is 5.27. The molecule has 1 heterocycles. The lowest BCUT2D eigenvalue weighted by Gasteiger charge is -2.12. The van der Waals surface area contributed by atoms with Gasteiger partial charge in [-0.1, -0.05) is 17.7 Å². The highest BCUT2D eigenvalue weighted by atomic mass is 32.2. The Hall–Kier alpha value is -1.80. The number of hydrogen-bond donors (Lipinski definition) is 0. The number of amides is 1. The molecule has 0 aliphatic carbocycles. The molecule has 0 spiro atoms. The van der Waals surface area contributed by atoms with E-state index in [0.29, 0.717) is 11.4 Å². The lowest BCUT2D eigenvalue weighted by molar-refractivity contribution is -0.122. The highest BCUT2D eigenvalue weighted by Crippen LogP contribution is 2.32. The fourth-order valence-corrected chi connectivity index (χ4v) is 4.26. The monoisotopic (exact) mass is 353 g/mol. The molecule has 6 nitrogen and oxygen atoms in total. The van der Waals surface area contributed by atoms with Crippen LogP contribution in [0.25, 0.3) is 0 Å². The van der Waals surface area contributed by atoms with Crippen molar-refractivity contribution in [2.45, 2.75) is 18.7 Å². The topological polar surface area (TPSA) is 70.1 Å². The molecule has 0 N–H and O–H groups in total. The van der Waals surface area contributed by atoms with Crippen molar-refractivity contribution in [3.05, 3.63) is 40.9 Å². The van der Waals surface area contributed by atoms with Gasteiger partial charge in [-0.2, -0.15) is 8.42 Å². The van der Waals surface area contributed by atoms with Crippen LogP contribution in [0.15, 0.2) is 44.7 Å². The van der Waals surface area contributed by atoms with E-state index in [4.69, 9.17) is 0 Å². The van der Waals surface area contributed by atoms with Crippen LogP contribution in [0.1, 0.15) is 12.5 Å². The summed E-state index contributed by atoms with van der Waals surface area (Å²) < 4.78 is 28.7. The van der Waals surface area contributed by atoms with E-state index in [2.05, 4.69) is 4.40 Å². The van der Waals surface area contributed by atoms with Crippen molar-refractivity contribution in [1.82, 2.24) is 9.80 Å². The Morgan fingerprint density at radius 2 is 1.87 bits per heavy atom. The van der Waals surface area contributed by atoms with Crippen LogP contribution in [0.4, 0.5) is 0 Å². The zero-order valence-corrected chi connectivity index (χ0v) is 15.1. The summed E-state index contributed by atoms with van der Waals surface area (Å²) in [7, 11) is -0.245. The second kappa shape index (κ2) is 6.76. The van der Waals surface area contributed by atoms with E-state index < -0.39 is 10.0 Å². The van der Waals surface area contributed by atoms with Crippen LogP contribution in [0, 0.1) is 6.92 Å². The van der Waals surface area contributed by atoms with E-state index in [1.165, 1.54) is 17.0 Å². The van der Waals surface area contributed by atoms with Crippen molar-refractivity contribution in [1.29, 1.82) is 0 Å². The van der Waals surface area contributed by atoms with Crippen molar-refractivity contribution in [3.8, 4) is 0 Å². The molecule has 1 aromatic rings. The predicted octanol–water partition coefficient (Wildman–Crippen LogP) is 2.04. The summed E-state index contributed by atoms with van der Waals surface area (Å²) in [6, 6.07) is 6.47. The van der Waals surface area contributed by atoms with Gasteiger partial charge in [-0.3, -0.25) is 9.69 Å². The van der Waals surface area contributed by atoms with Gasteiger partial charge < -0.3 is 4.90 Å². The number of thioether (sulfide) groups is 1. The highest BCUT2D eigenvalue weighted by molar-refractivity contribution is 8.19. The summed E-state index contributed by atoms with van der Waals surface area (Å²) in [6.45, 7) is 4.02. The van der Waals surface area contributed by atoms with Crippen molar-refractivity contribution in [3.63, 3.8) is 0 Å². The minimum Gasteiger partial charge on any atom is -0.382 e. The molecule has 8 heteroatoms. The first-order chi connectivity index (χ1) is 10.7. The van der Waals surface area contributed by atoms with Gasteiger partial charge in [0.2, 0.25) is 0 Å². The van der Waals surface area contributed by atoms with Crippen molar-refractivity contribution in [2.75, 3.05) is 20.6 Å². The van der Waals surface area contributed by atoms with Gasteiger partial charge in [-0.05, 0) is 37.7 Å². The molecule has 0 radical (unpaired) electrons. The predicted molar refractivity (Wildman–Crippen MR) is 92.5 cm³/mol. The van der Waals surface area contributed by atoms with Crippen molar-refractivity contribution in [2.24, 2.45) is 4.40 Å². The summed E-state index contributed by atoms with van der Waals surface area (Å²) in [5.41, 5.74) is 0.966. The number of aryl methyl sites for hydroxylation is 1. The van der Waals surface area contributed by atoms with E-state index in [-0.39, 0.29) is 16.0 Å². The van der Waals surface area contributed by atoms with Gasteiger partial charge in [-0.15, -0.1) is 4.40 Å². The Kier molecular flexibility index (Phi) is 5.16. The molecule has 1 fully saturated rings. The number of benzene rings is 1. The fraction of sp³-hybridized carbons (Fsp3) is 0.333. The van der Waals surface area contributed by atoms with Crippen LogP contribution in [-0.4, -0.2) is 49.9 Å². The van der Waals surface area contributed by atoms with Gasteiger partial charge in [0.15, 0.2) is 5.17 Å². The van der Waals surface area contributed by atoms with Crippen LogP contribution in [0.2, 0.25) is 0 Å². The van der Waals surface area contributed by atoms with E-state index in [9.17, 15) is 13.2 Å². The number of likely N-dealkylation sites (N-methyl/N-ethyl adjacent to an activating group) is 1. The Balaban J connectivity index is 2.41. The number of carbonyl (C=O) groups excluding carboxylic acids is 1. The van der Waals surface area contributed by atoms with Crippen LogP contribution < -0.4 is 0 Å². The second-order valence-corrected chi connectivity index (χ2v) is 7.88. The number of nitrogens with zero attached hydrogens (tertiary/aromatic N) is 3. The zero-order valence-electron chi connectivity index (χ0n) is 13.5. The third-order valence-corrected chi connectivity index (χ3v) is 5.49. The maximum Gasteiger partial charge on any atom is 0.284 e. The van der Waals surface area contributed by atoms with Gasteiger partial charge in [-0.25, -0.2) is 0 Å². The minimum absolute atomic E-state index is 0.116. The third kappa shape index (κ3) is 3.94. The van der Waals surface area contributed by atoms with Gasteiger partial charge in [0, 0.05) is 26.8 Å². The molecule has 0 atom stereocenters. The molecule has 23 heavy (non-hydrogen) atoms. The summed E-state index contributed by atoms with van der Waals surface area (Å²) in [5.74, 6) is -0.232. The number of rotatable bonds is 4. The number of amidine groups is 1. The highest BCUT2D eigenvalue weighted by Gasteiger charge is 2.34. The average Bonchev–Trinajstić information content (AvgIpc) is 2.73. The molecule has 0 saturated carbocycles. The molecule has 1 aliphatic rings. The van der Waals surface area contributed by atoms with Gasteiger partial charge in [0.1, 0.15) is 0 Å². The first kappa shape index (κ1) is 17.6. The molecule has 2 rings (SSSR count). The van der Waals surface area contributed by atoms with Crippen molar-refractivity contribution >= 4 is 32.9 Å². The molecule has 0 unspecified atom stereocenters. The van der Waals surface area contributed by atoms with Gasteiger partial charge in [0.05, 0.1) is 9.80 Å². The summed E-state index contributed by atoms with van der Waals surface area (Å²) in [5, 5.41) is 0.186. The molecule has 1 amide bonds. The lowest BCUT2D eigenvalue weighted by atomic mass is 10.2. The zero-order chi connectivity index (χ0) is 17.2. The number of sulfonamides is 1. The van der Waals surface area contributed by atoms with E-state index in [1.54, 1.807) is 44.3 Å². The molecular weight excluding hydrogens is 334 g/mol. The molecular formula is C15H19N3O3S2. The maximum atomic E-state index is 12.4. The normalized spacial score (nSPS) is 19.0. The summed E-state index contributed by atoms with van der Waals surface area (Å²) in [6.07, 6.45) is 1.66. The van der Waals surface area contributed by atoms with E-state index in [0.717, 1.165) is 17.3 Å². The average molecular weight is 353 g/mol. The minimum atomic E-state index is -3.85. The van der Waals surface area contributed by atoms with Crippen LogP contribution >= 0.6 is 11.8 Å². The van der Waals surface area contributed by atoms with E-state index in [1.807, 2.05) is 6.92 Å². The number of hydrogen-bond acceptors (Lipinski definition) is 5. The molecule has 1 saturated heterocycles.